The van der Waals surface area contributed by atoms with Crippen molar-refractivity contribution in [3.05, 3.63) is 112 Å². The van der Waals surface area contributed by atoms with Crippen LogP contribution in [0.5, 0.6) is 0 Å². The molecule has 6 nitrogen and oxygen atoms in total. The Balaban J connectivity index is 1.28. The van der Waals surface area contributed by atoms with E-state index in [1.165, 1.54) is 10.4 Å². The third kappa shape index (κ3) is 5.77. The van der Waals surface area contributed by atoms with E-state index in [1.54, 1.807) is 23.1 Å². The fraction of sp³-hybridized carbons (Fsp3) is 0.200. The first-order chi connectivity index (χ1) is 16.3. The Hall–Kier alpha value is -3.23. The molecule has 0 N–H and O–H groups in total. The third-order valence-corrected chi connectivity index (χ3v) is 7.04. The lowest BCUT2D eigenvalue weighted by atomic mass is 10.1. The Morgan fingerprint density at radius 1 is 0.848 bits per heavy atom. The fourth-order valence-corrected chi connectivity index (χ4v) is 5.08. The lowest BCUT2D eigenvalue weighted by molar-refractivity contribution is 0.385. The number of aryl methyl sites for hydroxylation is 1. The van der Waals surface area contributed by atoms with E-state index in [0.717, 1.165) is 35.9 Å². The average molecular weight is 474 g/mol. The van der Waals surface area contributed by atoms with E-state index in [1.807, 2.05) is 24.3 Å². The van der Waals surface area contributed by atoms with Crippen LogP contribution in [0.4, 0.5) is 0 Å². The maximum absolute atomic E-state index is 5.48. The number of rotatable bonds is 10. The Morgan fingerprint density at radius 2 is 1.64 bits per heavy atom. The predicted molar refractivity (Wildman–Crippen MR) is 130 cm³/mol. The highest BCUT2D eigenvalue weighted by atomic mass is 32.2. The maximum atomic E-state index is 5.48. The molecule has 0 aliphatic rings. The second kappa shape index (κ2) is 10.6. The summed E-state index contributed by atoms with van der Waals surface area (Å²) in [6.07, 6.45) is 2.36. The first-order valence-corrected chi connectivity index (χ1v) is 12.7. The largest absolute Gasteiger partial charge is 0.338 e. The van der Waals surface area contributed by atoms with Gasteiger partial charge in [-0.1, -0.05) is 83.6 Å². The van der Waals surface area contributed by atoms with Crippen molar-refractivity contribution in [3.63, 3.8) is 0 Å². The zero-order chi connectivity index (χ0) is 22.3. The van der Waals surface area contributed by atoms with Crippen molar-refractivity contribution in [1.82, 2.24) is 24.9 Å². The number of aromatic nitrogens is 5. The van der Waals surface area contributed by atoms with E-state index in [2.05, 4.69) is 78.8 Å². The van der Waals surface area contributed by atoms with Gasteiger partial charge in [0, 0.05) is 24.3 Å². The van der Waals surface area contributed by atoms with Gasteiger partial charge in [0.1, 0.15) is 5.82 Å². The minimum atomic E-state index is 0.560. The maximum Gasteiger partial charge on any atom is 0.237 e. The molecule has 3 heterocycles. The van der Waals surface area contributed by atoms with Crippen LogP contribution in [0, 0.1) is 0 Å². The van der Waals surface area contributed by atoms with Crippen LogP contribution < -0.4 is 0 Å². The molecule has 0 spiro atoms. The summed E-state index contributed by atoms with van der Waals surface area (Å²) in [5.41, 5.74) is 2.46. The number of thioether (sulfide) groups is 1. The molecule has 5 rings (SSSR count). The van der Waals surface area contributed by atoms with Gasteiger partial charge >= 0.3 is 0 Å². The third-order valence-electron chi connectivity index (χ3n) is 5.21. The zero-order valence-electron chi connectivity index (χ0n) is 18.0. The standard InChI is InChI=1S/C25H23N5OS2/c1-3-8-19(9-4-1)13-14-30-23(17-21-12-7-15-32-21)27-28-25(30)33-18-24-26-22(29-31-24)16-20-10-5-2-6-11-20/h1-12,15H,13-14,16-18H2. The Morgan fingerprint density at radius 3 is 2.39 bits per heavy atom. The highest BCUT2D eigenvalue weighted by molar-refractivity contribution is 7.98. The summed E-state index contributed by atoms with van der Waals surface area (Å²) in [6, 6.07) is 24.9. The molecule has 5 aromatic rings. The lowest BCUT2D eigenvalue weighted by Crippen LogP contribution is -2.08. The van der Waals surface area contributed by atoms with Crippen LogP contribution in [-0.4, -0.2) is 24.9 Å². The van der Waals surface area contributed by atoms with Gasteiger partial charge in [0.15, 0.2) is 11.0 Å². The van der Waals surface area contributed by atoms with Crippen LogP contribution in [0.2, 0.25) is 0 Å². The van der Waals surface area contributed by atoms with Crippen LogP contribution in [-0.2, 0) is 31.6 Å². The quantitative estimate of drug-likeness (QED) is 0.252. The SMILES string of the molecule is c1ccc(CCn2c(Cc3cccs3)nnc2SCc2nc(Cc3ccccc3)no2)cc1. The minimum Gasteiger partial charge on any atom is -0.338 e. The molecule has 0 bridgehead atoms. The average Bonchev–Trinajstić information content (AvgIpc) is 3.60. The fourth-order valence-electron chi connectivity index (χ4n) is 3.56. The molecule has 0 saturated heterocycles. The monoisotopic (exact) mass is 473 g/mol. The summed E-state index contributed by atoms with van der Waals surface area (Å²) in [5, 5.41) is 16.1. The normalized spacial score (nSPS) is 11.2. The number of thiophene rings is 1. The van der Waals surface area contributed by atoms with Crippen LogP contribution in [0.1, 0.15) is 33.5 Å². The Labute approximate surface area is 200 Å². The summed E-state index contributed by atoms with van der Waals surface area (Å²) in [7, 11) is 0. The smallest absolute Gasteiger partial charge is 0.237 e. The molecule has 3 aromatic heterocycles. The van der Waals surface area contributed by atoms with Crippen molar-refractivity contribution in [1.29, 1.82) is 0 Å². The van der Waals surface area contributed by atoms with Gasteiger partial charge in [-0.2, -0.15) is 4.98 Å². The predicted octanol–water partition coefficient (Wildman–Crippen LogP) is 5.44. The van der Waals surface area contributed by atoms with Crippen LogP contribution in [0.15, 0.2) is 87.9 Å². The second-order valence-electron chi connectivity index (χ2n) is 7.60. The van der Waals surface area contributed by atoms with Crippen LogP contribution in [0.25, 0.3) is 0 Å². The molecule has 0 aliphatic carbocycles. The van der Waals surface area contributed by atoms with Crippen LogP contribution >= 0.6 is 23.1 Å². The molecule has 0 aliphatic heterocycles. The minimum absolute atomic E-state index is 0.560. The highest BCUT2D eigenvalue weighted by Gasteiger charge is 2.16. The van der Waals surface area contributed by atoms with Crippen molar-refractivity contribution in [2.24, 2.45) is 0 Å². The molecule has 0 fully saturated rings. The van der Waals surface area contributed by atoms with Gasteiger partial charge in [-0.15, -0.1) is 21.5 Å². The highest BCUT2D eigenvalue weighted by Crippen LogP contribution is 2.24. The Kier molecular flexibility index (Phi) is 6.93. The number of benzene rings is 2. The van der Waals surface area contributed by atoms with Gasteiger partial charge in [-0.05, 0) is 29.0 Å². The van der Waals surface area contributed by atoms with Crippen LogP contribution in [0.3, 0.4) is 0 Å². The topological polar surface area (TPSA) is 69.6 Å². The molecule has 8 heteroatoms. The molecular weight excluding hydrogens is 450 g/mol. The summed E-state index contributed by atoms with van der Waals surface area (Å²) in [5.74, 6) is 2.83. The molecular formula is C25H23N5OS2. The van der Waals surface area contributed by atoms with Gasteiger partial charge in [0.05, 0.1) is 5.75 Å². The van der Waals surface area contributed by atoms with Crippen molar-refractivity contribution in [3.8, 4) is 0 Å². The molecule has 0 radical (unpaired) electrons. The van der Waals surface area contributed by atoms with Gasteiger partial charge in [0.2, 0.25) is 5.89 Å². The van der Waals surface area contributed by atoms with Crippen molar-refractivity contribution in [2.45, 2.75) is 36.7 Å². The lowest BCUT2D eigenvalue weighted by Gasteiger charge is -2.09. The van der Waals surface area contributed by atoms with E-state index in [-0.39, 0.29) is 0 Å². The molecule has 0 amide bonds. The van der Waals surface area contributed by atoms with Gasteiger partial charge < -0.3 is 9.09 Å². The van der Waals surface area contributed by atoms with Crippen molar-refractivity contribution in [2.75, 3.05) is 0 Å². The Bertz CT molecular complexity index is 1270. The number of nitrogens with zero attached hydrogens (tertiary/aromatic N) is 5. The van der Waals surface area contributed by atoms with E-state index < -0.39 is 0 Å². The molecule has 33 heavy (non-hydrogen) atoms. The summed E-state index contributed by atoms with van der Waals surface area (Å²) < 4.78 is 7.70. The van der Waals surface area contributed by atoms with Gasteiger partial charge in [-0.25, -0.2) is 0 Å². The molecule has 2 aromatic carbocycles. The summed E-state index contributed by atoms with van der Waals surface area (Å²) in [4.78, 5) is 5.84. The van der Waals surface area contributed by atoms with E-state index in [9.17, 15) is 0 Å². The zero-order valence-corrected chi connectivity index (χ0v) is 19.6. The van der Waals surface area contributed by atoms with E-state index in [0.29, 0.717) is 23.9 Å². The van der Waals surface area contributed by atoms with Crippen molar-refractivity contribution >= 4 is 23.1 Å². The number of hydrogen-bond acceptors (Lipinski definition) is 7. The molecule has 166 valence electrons. The van der Waals surface area contributed by atoms with Gasteiger partial charge in [0.25, 0.3) is 0 Å². The molecule has 0 atom stereocenters. The van der Waals surface area contributed by atoms with E-state index in [4.69, 9.17) is 4.52 Å². The second-order valence-corrected chi connectivity index (χ2v) is 9.57. The van der Waals surface area contributed by atoms with Gasteiger partial charge in [-0.3, -0.25) is 0 Å². The summed E-state index contributed by atoms with van der Waals surface area (Å²) in [6.45, 7) is 0.823. The first kappa shape index (κ1) is 21.6. The summed E-state index contributed by atoms with van der Waals surface area (Å²) >= 11 is 3.33. The molecule has 0 saturated carbocycles. The van der Waals surface area contributed by atoms with Crippen molar-refractivity contribution < 1.29 is 4.52 Å². The first-order valence-electron chi connectivity index (χ1n) is 10.8. The molecule has 0 unspecified atom stereocenters. The van der Waals surface area contributed by atoms with E-state index >= 15 is 0 Å². The number of hydrogen-bond donors (Lipinski definition) is 0.